The van der Waals surface area contributed by atoms with Crippen molar-refractivity contribution in [1.29, 1.82) is 5.26 Å². The van der Waals surface area contributed by atoms with E-state index in [1.165, 1.54) is 0 Å². The Labute approximate surface area is 141 Å². The van der Waals surface area contributed by atoms with Gasteiger partial charge in [0.1, 0.15) is 6.07 Å². The normalized spacial score (nSPS) is 11.1. The van der Waals surface area contributed by atoms with Crippen LogP contribution >= 0.6 is 11.6 Å². The third-order valence-electron chi connectivity index (χ3n) is 3.69. The Balaban J connectivity index is 2.48. The van der Waals surface area contributed by atoms with Crippen LogP contribution in [-0.2, 0) is 6.54 Å². The predicted octanol–water partition coefficient (Wildman–Crippen LogP) is 4.99. The smallest absolute Gasteiger partial charge is 0.101 e. The number of halogens is 1. The van der Waals surface area contributed by atoms with Crippen molar-refractivity contribution in [2.75, 3.05) is 0 Å². The highest BCUT2D eigenvalue weighted by Crippen LogP contribution is 2.30. The largest absolute Gasteiger partial charge is 0.265 e. The van der Waals surface area contributed by atoms with Gasteiger partial charge in [0, 0.05) is 11.3 Å². The van der Waals surface area contributed by atoms with Crippen molar-refractivity contribution in [3.8, 4) is 17.2 Å². The van der Waals surface area contributed by atoms with E-state index < -0.39 is 0 Å². The molecule has 0 N–H and O–H groups in total. The highest BCUT2D eigenvalue weighted by molar-refractivity contribution is 6.32. The summed E-state index contributed by atoms with van der Waals surface area (Å²) in [6.45, 7) is 12.2. The summed E-state index contributed by atoms with van der Waals surface area (Å²) in [6, 6.07) is 7.53. The minimum Gasteiger partial charge on any atom is -0.265 e. The predicted molar refractivity (Wildman–Crippen MR) is 95.3 cm³/mol. The van der Waals surface area contributed by atoms with Gasteiger partial charge >= 0.3 is 0 Å². The molecule has 0 fully saturated rings. The Hall–Kier alpha value is -2.57. The second kappa shape index (κ2) is 7.13. The number of aryl methyl sites for hydroxylation is 1. The molecule has 2 aromatic rings. The molecule has 0 saturated carbocycles. The maximum Gasteiger partial charge on any atom is 0.101 e. The summed E-state index contributed by atoms with van der Waals surface area (Å²) in [6.07, 6.45) is 5.46. The van der Waals surface area contributed by atoms with Crippen LogP contribution in [0.25, 0.3) is 11.1 Å². The lowest BCUT2D eigenvalue weighted by Crippen LogP contribution is -2.04. The summed E-state index contributed by atoms with van der Waals surface area (Å²) < 4.78 is 1.94. The summed E-state index contributed by atoms with van der Waals surface area (Å²) >= 11 is 6.16. The van der Waals surface area contributed by atoms with E-state index in [1.807, 2.05) is 36.7 Å². The van der Waals surface area contributed by atoms with Crippen LogP contribution in [-0.4, -0.2) is 9.78 Å². The Morgan fingerprint density at radius 2 is 2.13 bits per heavy atom. The first-order valence-electron chi connectivity index (χ1n) is 7.19. The monoisotopic (exact) mass is 323 g/mol. The molecule has 0 aliphatic heterocycles. The minimum atomic E-state index is 0.454. The van der Waals surface area contributed by atoms with E-state index in [9.17, 15) is 0 Å². The summed E-state index contributed by atoms with van der Waals surface area (Å²) in [4.78, 5) is 0. The van der Waals surface area contributed by atoms with Gasteiger partial charge in [0.15, 0.2) is 0 Å². The maximum absolute atomic E-state index is 9.00. The average molecular weight is 324 g/mol. The SMILES string of the molecule is C=C/C=C(\C=C)Cn1nc(C)c(-c2ccc(C#N)c(Cl)c2)c1C. The molecule has 0 spiro atoms. The number of nitrogens with zero attached hydrogens (tertiary/aromatic N) is 3. The lowest BCUT2D eigenvalue weighted by molar-refractivity contribution is 0.658. The summed E-state index contributed by atoms with van der Waals surface area (Å²) in [5, 5.41) is 14.1. The van der Waals surface area contributed by atoms with E-state index in [2.05, 4.69) is 24.3 Å². The first kappa shape index (κ1) is 16.8. The van der Waals surface area contributed by atoms with Crippen LogP contribution in [0.2, 0.25) is 5.02 Å². The molecule has 0 atom stereocenters. The van der Waals surface area contributed by atoms with Crippen molar-refractivity contribution in [2.45, 2.75) is 20.4 Å². The summed E-state index contributed by atoms with van der Waals surface area (Å²) in [5.41, 5.74) is 5.47. The molecule has 23 heavy (non-hydrogen) atoms. The highest BCUT2D eigenvalue weighted by atomic mass is 35.5. The van der Waals surface area contributed by atoms with Crippen LogP contribution in [0.5, 0.6) is 0 Å². The summed E-state index contributed by atoms with van der Waals surface area (Å²) in [5.74, 6) is 0. The van der Waals surface area contributed by atoms with Crippen LogP contribution in [0.3, 0.4) is 0 Å². The van der Waals surface area contributed by atoms with Crippen LogP contribution < -0.4 is 0 Å². The molecule has 1 aromatic heterocycles. The first-order valence-corrected chi connectivity index (χ1v) is 7.57. The zero-order chi connectivity index (χ0) is 17.0. The molecule has 116 valence electrons. The van der Waals surface area contributed by atoms with Crippen molar-refractivity contribution in [1.82, 2.24) is 9.78 Å². The van der Waals surface area contributed by atoms with Gasteiger partial charge in [0.05, 0.1) is 22.8 Å². The molecule has 4 heteroatoms. The molecule has 1 aromatic carbocycles. The Morgan fingerprint density at radius 3 is 2.70 bits per heavy atom. The third kappa shape index (κ3) is 3.44. The molecular weight excluding hydrogens is 306 g/mol. The van der Waals surface area contributed by atoms with E-state index in [1.54, 1.807) is 18.2 Å². The van der Waals surface area contributed by atoms with Gasteiger partial charge in [-0.3, -0.25) is 4.68 Å². The molecule has 0 bridgehead atoms. The van der Waals surface area contributed by atoms with E-state index in [-0.39, 0.29) is 0 Å². The lowest BCUT2D eigenvalue weighted by Gasteiger charge is -2.07. The fraction of sp³-hybridized carbons (Fsp3) is 0.158. The molecule has 0 aliphatic carbocycles. The number of allylic oxidation sites excluding steroid dienone is 4. The molecule has 1 heterocycles. The first-order chi connectivity index (χ1) is 11.0. The fourth-order valence-corrected chi connectivity index (χ4v) is 2.76. The van der Waals surface area contributed by atoms with E-state index in [0.29, 0.717) is 17.1 Å². The van der Waals surface area contributed by atoms with Gasteiger partial charge in [-0.25, -0.2) is 0 Å². The topological polar surface area (TPSA) is 41.6 Å². The third-order valence-corrected chi connectivity index (χ3v) is 4.00. The van der Waals surface area contributed by atoms with E-state index in [4.69, 9.17) is 16.9 Å². The number of aromatic nitrogens is 2. The minimum absolute atomic E-state index is 0.454. The summed E-state index contributed by atoms with van der Waals surface area (Å²) in [7, 11) is 0. The van der Waals surface area contributed by atoms with Gasteiger partial charge in [-0.1, -0.05) is 49.1 Å². The second-order valence-electron chi connectivity index (χ2n) is 5.19. The lowest BCUT2D eigenvalue weighted by atomic mass is 10.0. The fourth-order valence-electron chi connectivity index (χ4n) is 2.54. The van der Waals surface area contributed by atoms with Crippen LogP contribution in [0.4, 0.5) is 0 Å². The number of hydrogen-bond donors (Lipinski definition) is 0. The standard InChI is InChI=1S/C19H18ClN3/c1-5-7-15(6-2)12-23-14(4)19(13(3)22-23)16-8-9-17(11-21)18(20)10-16/h5-10H,1-2,12H2,3-4H3/b15-7+. The van der Waals surface area contributed by atoms with E-state index in [0.717, 1.165) is 28.1 Å². The average Bonchev–Trinajstić information content (AvgIpc) is 2.80. The van der Waals surface area contributed by atoms with Crippen molar-refractivity contribution >= 4 is 11.6 Å². The van der Waals surface area contributed by atoms with Gasteiger partial charge in [-0.05, 0) is 37.1 Å². The van der Waals surface area contributed by atoms with Gasteiger partial charge in [-0.2, -0.15) is 10.4 Å². The molecule has 0 amide bonds. The van der Waals surface area contributed by atoms with E-state index >= 15 is 0 Å². The Morgan fingerprint density at radius 1 is 1.39 bits per heavy atom. The number of rotatable bonds is 5. The van der Waals surface area contributed by atoms with Gasteiger partial charge in [0.2, 0.25) is 0 Å². The van der Waals surface area contributed by atoms with Crippen LogP contribution in [0.15, 0.2) is 55.2 Å². The van der Waals surface area contributed by atoms with Gasteiger partial charge in [0.25, 0.3) is 0 Å². The van der Waals surface area contributed by atoms with Crippen molar-refractivity contribution in [2.24, 2.45) is 0 Å². The van der Waals surface area contributed by atoms with Crippen LogP contribution in [0.1, 0.15) is 17.0 Å². The quantitative estimate of drug-likeness (QED) is 0.727. The zero-order valence-electron chi connectivity index (χ0n) is 13.3. The van der Waals surface area contributed by atoms with Crippen molar-refractivity contribution < 1.29 is 0 Å². The van der Waals surface area contributed by atoms with Crippen LogP contribution in [0, 0.1) is 25.2 Å². The molecule has 2 rings (SSSR count). The number of benzene rings is 1. The van der Waals surface area contributed by atoms with Crippen molar-refractivity contribution in [3.63, 3.8) is 0 Å². The second-order valence-corrected chi connectivity index (χ2v) is 5.60. The van der Waals surface area contributed by atoms with Gasteiger partial charge in [-0.15, -0.1) is 0 Å². The Bertz CT molecular complexity index is 835. The zero-order valence-corrected chi connectivity index (χ0v) is 14.1. The Kier molecular flexibility index (Phi) is 5.20. The molecule has 0 saturated heterocycles. The highest BCUT2D eigenvalue weighted by Gasteiger charge is 2.15. The van der Waals surface area contributed by atoms with Crippen molar-refractivity contribution in [3.05, 3.63) is 77.1 Å². The van der Waals surface area contributed by atoms with Gasteiger partial charge < -0.3 is 0 Å². The molecule has 0 radical (unpaired) electrons. The number of hydrogen-bond acceptors (Lipinski definition) is 2. The number of nitriles is 1. The molecule has 0 aliphatic rings. The maximum atomic E-state index is 9.00. The molecule has 0 unspecified atom stereocenters. The molecule has 3 nitrogen and oxygen atoms in total. The molecular formula is C19H18ClN3.